The van der Waals surface area contributed by atoms with E-state index in [1.165, 1.54) is 18.3 Å². The van der Waals surface area contributed by atoms with Crippen molar-refractivity contribution in [2.45, 2.75) is 19.6 Å². The lowest BCUT2D eigenvalue weighted by molar-refractivity contribution is -0.118. The molecule has 0 atom stereocenters. The van der Waals surface area contributed by atoms with Gasteiger partial charge in [0, 0.05) is 11.8 Å². The van der Waals surface area contributed by atoms with E-state index in [1.54, 1.807) is 18.2 Å². The van der Waals surface area contributed by atoms with Gasteiger partial charge >= 0.3 is 0 Å². The van der Waals surface area contributed by atoms with E-state index in [1.807, 2.05) is 0 Å². The Morgan fingerprint density at radius 2 is 1.82 bits per heavy atom. The predicted octanol–water partition coefficient (Wildman–Crippen LogP) is 0.203. The van der Waals surface area contributed by atoms with Gasteiger partial charge in [-0.15, -0.1) is 0 Å². The average Bonchev–Trinajstić information content (AvgIpc) is 2.65. The molecule has 3 rings (SSSR count). The first kappa shape index (κ1) is 19.2. The Labute approximate surface area is 158 Å². The quantitative estimate of drug-likeness (QED) is 0.557. The molecule has 144 valence electrons. The molecule has 0 unspecified atom stereocenters. The zero-order chi connectivity index (χ0) is 20.4. The summed E-state index contributed by atoms with van der Waals surface area (Å²) in [7, 11) is 0. The second-order valence-corrected chi connectivity index (χ2v) is 6.25. The van der Waals surface area contributed by atoms with E-state index >= 15 is 0 Å². The van der Waals surface area contributed by atoms with Gasteiger partial charge in [0.25, 0.3) is 11.5 Å². The monoisotopic (exact) mass is 384 g/mol. The highest BCUT2D eigenvalue weighted by molar-refractivity contribution is 5.98. The molecule has 9 heteroatoms. The SMILES string of the molecule is NC(=O)Cn1c(=O)c(C(N)=O)c(CO)c2ncc(Cc3ccc(F)cc3)cc21. The number of amides is 2. The van der Waals surface area contributed by atoms with Gasteiger partial charge in [-0.1, -0.05) is 12.1 Å². The van der Waals surface area contributed by atoms with Crippen LogP contribution in [0, 0.1) is 5.82 Å². The van der Waals surface area contributed by atoms with Crippen LogP contribution in [0.15, 0.2) is 41.3 Å². The van der Waals surface area contributed by atoms with Crippen LogP contribution < -0.4 is 17.0 Å². The van der Waals surface area contributed by atoms with Crippen LogP contribution in [0.5, 0.6) is 0 Å². The second-order valence-electron chi connectivity index (χ2n) is 6.25. The Morgan fingerprint density at radius 1 is 1.14 bits per heavy atom. The molecule has 3 aromatic rings. The number of rotatable bonds is 6. The molecule has 5 N–H and O–H groups in total. The number of hydrogen-bond acceptors (Lipinski definition) is 5. The van der Waals surface area contributed by atoms with Crippen molar-refractivity contribution in [1.29, 1.82) is 0 Å². The Hall–Kier alpha value is -3.59. The average molecular weight is 384 g/mol. The van der Waals surface area contributed by atoms with Crippen molar-refractivity contribution in [3.63, 3.8) is 0 Å². The fourth-order valence-corrected chi connectivity index (χ4v) is 3.08. The molecule has 0 spiro atoms. The van der Waals surface area contributed by atoms with Gasteiger partial charge in [-0.05, 0) is 35.7 Å². The number of aromatic nitrogens is 2. The second kappa shape index (κ2) is 7.57. The lowest BCUT2D eigenvalue weighted by Gasteiger charge is -2.15. The first-order valence-electron chi connectivity index (χ1n) is 8.29. The number of aliphatic hydroxyl groups excluding tert-OH is 1. The van der Waals surface area contributed by atoms with Crippen LogP contribution in [0.25, 0.3) is 11.0 Å². The summed E-state index contributed by atoms with van der Waals surface area (Å²) in [6, 6.07) is 7.50. The van der Waals surface area contributed by atoms with E-state index in [0.29, 0.717) is 12.0 Å². The minimum absolute atomic E-state index is 0.0125. The van der Waals surface area contributed by atoms with Crippen molar-refractivity contribution < 1.29 is 19.1 Å². The number of nitrogens with zero attached hydrogens (tertiary/aromatic N) is 2. The number of hydrogen-bond donors (Lipinski definition) is 3. The number of aliphatic hydroxyl groups is 1. The third kappa shape index (κ3) is 3.60. The third-order valence-corrected chi connectivity index (χ3v) is 4.30. The molecule has 28 heavy (non-hydrogen) atoms. The van der Waals surface area contributed by atoms with Crippen molar-refractivity contribution in [1.82, 2.24) is 9.55 Å². The number of halogens is 1. The molecule has 0 aliphatic heterocycles. The van der Waals surface area contributed by atoms with Gasteiger partial charge in [-0.25, -0.2) is 4.39 Å². The van der Waals surface area contributed by atoms with Gasteiger partial charge in [0.15, 0.2) is 0 Å². The number of nitrogens with two attached hydrogens (primary N) is 2. The molecule has 0 saturated carbocycles. The lowest BCUT2D eigenvalue weighted by atomic mass is 10.0. The van der Waals surface area contributed by atoms with Gasteiger partial charge < -0.3 is 16.6 Å². The molecular formula is C19H17FN4O4. The standard InChI is InChI=1S/C19H17FN4O4/c20-12-3-1-10(2-4-12)5-11-6-14-17(23-7-11)13(9-25)16(18(22)27)19(28)24(14)8-15(21)26/h1-4,6-7,25H,5,8-9H2,(H2,21,26)(H2,22,27). The van der Waals surface area contributed by atoms with Crippen LogP contribution in [0.1, 0.15) is 27.0 Å². The van der Waals surface area contributed by atoms with Crippen LogP contribution in [-0.4, -0.2) is 26.5 Å². The normalized spacial score (nSPS) is 10.9. The fourth-order valence-electron chi connectivity index (χ4n) is 3.08. The van der Waals surface area contributed by atoms with E-state index < -0.39 is 36.1 Å². The topological polar surface area (TPSA) is 141 Å². The first-order chi connectivity index (χ1) is 13.3. The molecule has 0 radical (unpaired) electrons. The molecule has 0 aliphatic carbocycles. The van der Waals surface area contributed by atoms with Crippen LogP contribution >= 0.6 is 0 Å². The molecule has 2 heterocycles. The van der Waals surface area contributed by atoms with Crippen molar-refractivity contribution >= 4 is 22.8 Å². The highest BCUT2D eigenvalue weighted by Crippen LogP contribution is 2.21. The fraction of sp³-hybridized carbons (Fsp3) is 0.158. The van der Waals surface area contributed by atoms with E-state index in [9.17, 15) is 23.9 Å². The molecule has 2 aromatic heterocycles. The van der Waals surface area contributed by atoms with E-state index in [4.69, 9.17) is 11.5 Å². The summed E-state index contributed by atoms with van der Waals surface area (Å²) >= 11 is 0. The number of carbonyl (C=O) groups excluding carboxylic acids is 2. The highest BCUT2D eigenvalue weighted by atomic mass is 19.1. The Bertz CT molecular complexity index is 1140. The molecule has 1 aromatic carbocycles. The van der Waals surface area contributed by atoms with Gasteiger partial charge in [0.05, 0.1) is 17.6 Å². The zero-order valence-electron chi connectivity index (χ0n) is 14.7. The molecular weight excluding hydrogens is 367 g/mol. The number of benzene rings is 1. The Kier molecular flexibility index (Phi) is 5.18. The van der Waals surface area contributed by atoms with Crippen molar-refractivity contribution in [3.8, 4) is 0 Å². The minimum atomic E-state index is -1.04. The number of carbonyl (C=O) groups is 2. The molecule has 0 fully saturated rings. The largest absolute Gasteiger partial charge is 0.392 e. The van der Waals surface area contributed by atoms with Gasteiger partial charge in [0.2, 0.25) is 5.91 Å². The number of fused-ring (bicyclic) bond motifs is 1. The van der Waals surface area contributed by atoms with E-state index in [-0.39, 0.29) is 22.4 Å². The number of primary amides is 2. The van der Waals surface area contributed by atoms with Crippen molar-refractivity contribution in [2.24, 2.45) is 11.5 Å². The van der Waals surface area contributed by atoms with Crippen LogP contribution in [0.3, 0.4) is 0 Å². The maximum absolute atomic E-state index is 13.1. The Balaban J connectivity index is 2.24. The molecule has 2 amide bonds. The first-order valence-corrected chi connectivity index (χ1v) is 8.29. The number of pyridine rings is 2. The van der Waals surface area contributed by atoms with E-state index in [2.05, 4.69) is 4.98 Å². The van der Waals surface area contributed by atoms with Crippen LogP contribution in [0.2, 0.25) is 0 Å². The lowest BCUT2D eigenvalue weighted by Crippen LogP contribution is -2.35. The third-order valence-electron chi connectivity index (χ3n) is 4.30. The Morgan fingerprint density at radius 3 is 2.39 bits per heavy atom. The summed E-state index contributed by atoms with van der Waals surface area (Å²) in [5.41, 5.74) is 11.1. The van der Waals surface area contributed by atoms with Crippen molar-refractivity contribution in [2.75, 3.05) is 0 Å². The summed E-state index contributed by atoms with van der Waals surface area (Å²) in [5, 5.41) is 9.67. The minimum Gasteiger partial charge on any atom is -0.392 e. The molecule has 0 saturated heterocycles. The predicted molar refractivity (Wildman–Crippen MR) is 98.8 cm³/mol. The summed E-state index contributed by atoms with van der Waals surface area (Å²) in [6.07, 6.45) is 1.90. The smallest absolute Gasteiger partial charge is 0.264 e. The van der Waals surface area contributed by atoms with Gasteiger partial charge in [-0.2, -0.15) is 0 Å². The maximum atomic E-state index is 13.1. The summed E-state index contributed by atoms with van der Waals surface area (Å²) < 4.78 is 14.1. The zero-order valence-corrected chi connectivity index (χ0v) is 14.7. The molecule has 0 bridgehead atoms. The highest BCUT2D eigenvalue weighted by Gasteiger charge is 2.22. The van der Waals surface area contributed by atoms with Gasteiger partial charge in [-0.3, -0.25) is 23.9 Å². The maximum Gasteiger partial charge on any atom is 0.264 e. The van der Waals surface area contributed by atoms with E-state index in [0.717, 1.165) is 10.1 Å². The van der Waals surface area contributed by atoms with Crippen LogP contribution in [-0.2, 0) is 24.4 Å². The molecule has 0 aliphatic rings. The summed E-state index contributed by atoms with van der Waals surface area (Å²) in [6.45, 7) is -1.12. The van der Waals surface area contributed by atoms with Crippen LogP contribution in [0.4, 0.5) is 4.39 Å². The molecule has 8 nitrogen and oxygen atoms in total. The summed E-state index contributed by atoms with van der Waals surface area (Å²) in [4.78, 5) is 40.2. The van der Waals surface area contributed by atoms with Crippen molar-refractivity contribution in [3.05, 3.63) is 75.0 Å². The van der Waals surface area contributed by atoms with Gasteiger partial charge in [0.1, 0.15) is 17.9 Å². The summed E-state index contributed by atoms with van der Waals surface area (Å²) in [5.74, 6) is -2.19.